The Morgan fingerprint density at radius 1 is 1.12 bits per heavy atom. The summed E-state index contributed by atoms with van der Waals surface area (Å²) in [6.07, 6.45) is 6.94. The zero-order valence-corrected chi connectivity index (χ0v) is 15.8. The lowest BCUT2D eigenvalue weighted by Crippen LogP contribution is -2.61. The summed E-state index contributed by atoms with van der Waals surface area (Å²) in [6.45, 7) is -0.221. The first kappa shape index (κ1) is 17.9. The van der Waals surface area contributed by atoms with Crippen LogP contribution in [0.3, 0.4) is 0 Å². The molecular weight excluding hydrogens is 355 g/mol. The fourth-order valence-corrected chi connectivity index (χ4v) is 6.80. The maximum Gasteiger partial charge on any atom is 0.243 e. The highest BCUT2D eigenvalue weighted by Gasteiger charge is 2.51. The summed E-state index contributed by atoms with van der Waals surface area (Å²) in [6, 6.07) is 4.66. The van der Waals surface area contributed by atoms with Gasteiger partial charge in [0.15, 0.2) is 0 Å². The van der Waals surface area contributed by atoms with Crippen molar-refractivity contribution in [2.45, 2.75) is 49.0 Å². The number of amides is 1. The number of carbonyl (C=O) groups is 1. The third-order valence-corrected chi connectivity index (χ3v) is 8.15. The smallest absolute Gasteiger partial charge is 0.243 e. The largest absolute Gasteiger partial charge is 0.349 e. The number of benzene rings is 1. The molecule has 4 aliphatic rings. The SMILES string of the molecule is CN(CC(=O)NC12CC3CC(CC(C3)C1)C2)S(=O)(=O)c1ccc(F)cc1. The Morgan fingerprint density at radius 2 is 1.62 bits per heavy atom. The van der Waals surface area contributed by atoms with Crippen molar-refractivity contribution in [3.63, 3.8) is 0 Å². The van der Waals surface area contributed by atoms with E-state index in [1.54, 1.807) is 0 Å². The van der Waals surface area contributed by atoms with Crippen molar-refractivity contribution in [3.05, 3.63) is 30.1 Å². The van der Waals surface area contributed by atoms with Crippen molar-refractivity contribution in [2.24, 2.45) is 17.8 Å². The van der Waals surface area contributed by atoms with Crippen LogP contribution >= 0.6 is 0 Å². The highest BCUT2D eigenvalue weighted by molar-refractivity contribution is 7.89. The molecule has 0 atom stereocenters. The second-order valence-electron chi connectivity index (χ2n) is 8.46. The van der Waals surface area contributed by atoms with Gasteiger partial charge in [-0.2, -0.15) is 4.31 Å². The molecule has 1 aromatic carbocycles. The number of nitrogens with one attached hydrogen (secondary N) is 1. The van der Waals surface area contributed by atoms with Crippen molar-refractivity contribution in [2.75, 3.05) is 13.6 Å². The maximum atomic E-state index is 13.0. The van der Waals surface area contributed by atoms with Gasteiger partial charge in [-0.25, -0.2) is 12.8 Å². The fourth-order valence-electron chi connectivity index (χ4n) is 5.67. The minimum absolute atomic E-state index is 0.0102. The van der Waals surface area contributed by atoms with Crippen LogP contribution in [0.25, 0.3) is 0 Å². The average Bonchev–Trinajstić information content (AvgIpc) is 2.53. The molecule has 1 amide bonds. The Bertz CT molecular complexity index is 771. The quantitative estimate of drug-likeness (QED) is 0.854. The summed E-state index contributed by atoms with van der Waals surface area (Å²) in [5.41, 5.74) is -0.133. The van der Waals surface area contributed by atoms with Gasteiger partial charge in [0.2, 0.25) is 15.9 Å². The number of hydrogen-bond donors (Lipinski definition) is 1. The fraction of sp³-hybridized carbons (Fsp3) is 0.632. The molecule has 0 saturated heterocycles. The highest BCUT2D eigenvalue weighted by Crippen LogP contribution is 2.55. The zero-order chi connectivity index (χ0) is 18.5. The van der Waals surface area contributed by atoms with Gasteiger partial charge in [-0.05, 0) is 80.5 Å². The number of nitrogens with zero attached hydrogens (tertiary/aromatic N) is 1. The zero-order valence-electron chi connectivity index (χ0n) is 14.9. The van der Waals surface area contributed by atoms with E-state index in [9.17, 15) is 17.6 Å². The van der Waals surface area contributed by atoms with E-state index in [1.807, 2.05) is 0 Å². The topological polar surface area (TPSA) is 66.5 Å². The molecule has 1 N–H and O–H groups in total. The summed E-state index contributed by atoms with van der Waals surface area (Å²) in [5.74, 6) is 1.39. The second-order valence-corrected chi connectivity index (χ2v) is 10.5. The number of sulfonamides is 1. The molecule has 0 spiro atoms. The lowest BCUT2D eigenvalue weighted by Gasteiger charge is -2.57. The van der Waals surface area contributed by atoms with E-state index in [0.29, 0.717) is 17.8 Å². The predicted octanol–water partition coefficient (Wildman–Crippen LogP) is 2.53. The molecule has 4 bridgehead atoms. The molecule has 7 heteroatoms. The van der Waals surface area contributed by atoms with Crippen LogP contribution in [0, 0.1) is 23.6 Å². The molecular formula is C19H25FN2O3S. The second kappa shape index (κ2) is 6.30. The summed E-state index contributed by atoms with van der Waals surface area (Å²) in [4.78, 5) is 12.6. The molecule has 0 unspecified atom stereocenters. The molecule has 5 nitrogen and oxygen atoms in total. The van der Waals surface area contributed by atoms with Gasteiger partial charge in [-0.15, -0.1) is 0 Å². The van der Waals surface area contributed by atoms with E-state index in [1.165, 1.54) is 38.4 Å². The molecule has 5 rings (SSSR count). The van der Waals surface area contributed by atoms with E-state index < -0.39 is 15.8 Å². The van der Waals surface area contributed by atoms with Gasteiger partial charge >= 0.3 is 0 Å². The summed E-state index contributed by atoms with van der Waals surface area (Å²) in [7, 11) is -2.42. The van der Waals surface area contributed by atoms with E-state index >= 15 is 0 Å². The Morgan fingerprint density at radius 3 is 2.12 bits per heavy atom. The lowest BCUT2D eigenvalue weighted by atomic mass is 9.53. The molecule has 0 heterocycles. The van der Waals surface area contributed by atoms with E-state index in [-0.39, 0.29) is 22.9 Å². The van der Waals surface area contributed by atoms with Gasteiger partial charge < -0.3 is 5.32 Å². The third-order valence-electron chi connectivity index (χ3n) is 6.33. The third kappa shape index (κ3) is 3.27. The van der Waals surface area contributed by atoms with Gasteiger partial charge in [0, 0.05) is 12.6 Å². The van der Waals surface area contributed by atoms with Gasteiger partial charge in [0.05, 0.1) is 11.4 Å². The van der Waals surface area contributed by atoms with Gasteiger partial charge in [-0.3, -0.25) is 4.79 Å². The molecule has 26 heavy (non-hydrogen) atoms. The standard InChI is InChI=1S/C19H25FN2O3S/c1-22(26(24,25)17-4-2-16(20)3-5-17)12-18(23)21-19-9-13-6-14(10-19)8-15(7-13)11-19/h2-5,13-15H,6-12H2,1H3,(H,21,23). The van der Waals surface area contributed by atoms with Crippen LogP contribution in [0.4, 0.5) is 4.39 Å². The Balaban J connectivity index is 1.42. The van der Waals surface area contributed by atoms with Crippen LogP contribution in [-0.4, -0.2) is 37.8 Å². The Labute approximate surface area is 154 Å². The van der Waals surface area contributed by atoms with Crippen molar-refractivity contribution in [1.82, 2.24) is 9.62 Å². The number of halogens is 1. The van der Waals surface area contributed by atoms with Gasteiger partial charge in [-0.1, -0.05) is 0 Å². The molecule has 4 aliphatic carbocycles. The molecule has 0 radical (unpaired) electrons. The van der Waals surface area contributed by atoms with E-state index in [4.69, 9.17) is 0 Å². The van der Waals surface area contributed by atoms with Crippen molar-refractivity contribution in [1.29, 1.82) is 0 Å². The molecule has 142 valence electrons. The van der Waals surface area contributed by atoms with Crippen molar-refractivity contribution < 1.29 is 17.6 Å². The number of likely N-dealkylation sites (N-methyl/N-ethyl adjacent to an activating group) is 1. The van der Waals surface area contributed by atoms with Crippen LogP contribution in [0.1, 0.15) is 38.5 Å². The minimum atomic E-state index is -3.81. The monoisotopic (exact) mass is 380 g/mol. The average molecular weight is 380 g/mol. The van der Waals surface area contributed by atoms with Crippen LogP contribution in [0.2, 0.25) is 0 Å². The molecule has 1 aromatic rings. The molecule has 0 aromatic heterocycles. The summed E-state index contributed by atoms with van der Waals surface area (Å²) in [5, 5.41) is 3.18. The first-order valence-corrected chi connectivity index (χ1v) is 10.7. The number of carbonyl (C=O) groups excluding carboxylic acids is 1. The predicted molar refractivity (Wildman–Crippen MR) is 95.3 cm³/mol. The van der Waals surface area contributed by atoms with Crippen LogP contribution < -0.4 is 5.32 Å². The normalized spacial score (nSPS) is 32.8. The van der Waals surface area contributed by atoms with Crippen LogP contribution in [-0.2, 0) is 14.8 Å². The highest BCUT2D eigenvalue weighted by atomic mass is 32.2. The summed E-state index contributed by atoms with van der Waals surface area (Å²) >= 11 is 0. The van der Waals surface area contributed by atoms with Gasteiger partial charge in [0.25, 0.3) is 0 Å². The van der Waals surface area contributed by atoms with Crippen molar-refractivity contribution >= 4 is 15.9 Å². The first-order valence-electron chi connectivity index (χ1n) is 9.29. The van der Waals surface area contributed by atoms with E-state index in [0.717, 1.165) is 35.7 Å². The Hall–Kier alpha value is -1.47. The van der Waals surface area contributed by atoms with Crippen molar-refractivity contribution in [3.8, 4) is 0 Å². The summed E-state index contributed by atoms with van der Waals surface area (Å²) < 4.78 is 39.2. The molecule has 4 fully saturated rings. The Kier molecular flexibility index (Phi) is 4.34. The molecule has 0 aliphatic heterocycles. The van der Waals surface area contributed by atoms with Crippen LogP contribution in [0.15, 0.2) is 29.2 Å². The number of rotatable bonds is 5. The lowest BCUT2D eigenvalue weighted by molar-refractivity contribution is -0.126. The molecule has 4 saturated carbocycles. The number of hydrogen-bond acceptors (Lipinski definition) is 3. The van der Waals surface area contributed by atoms with Gasteiger partial charge in [0.1, 0.15) is 5.82 Å². The maximum absolute atomic E-state index is 13.0. The minimum Gasteiger partial charge on any atom is -0.349 e. The van der Waals surface area contributed by atoms with Crippen LogP contribution in [0.5, 0.6) is 0 Å². The van der Waals surface area contributed by atoms with E-state index in [2.05, 4.69) is 5.32 Å². The first-order chi connectivity index (χ1) is 12.3.